The van der Waals surface area contributed by atoms with Crippen molar-refractivity contribution < 1.29 is 27.5 Å². The summed E-state index contributed by atoms with van der Waals surface area (Å²) < 4.78 is 43.7. The molecule has 3 aromatic rings. The van der Waals surface area contributed by atoms with Crippen LogP contribution in [0.15, 0.2) is 60.7 Å². The molecule has 0 bridgehead atoms. The molecule has 0 saturated heterocycles. The molecule has 0 aliphatic heterocycles. The van der Waals surface area contributed by atoms with Crippen LogP contribution in [0.1, 0.15) is 22.8 Å². The lowest BCUT2D eigenvalue weighted by Gasteiger charge is -2.11. The minimum Gasteiger partial charge on any atom is -0.457 e. The molecule has 0 atom stereocenters. The first-order chi connectivity index (χ1) is 13.8. The van der Waals surface area contributed by atoms with Gasteiger partial charge in [-0.05, 0) is 60.8 Å². The van der Waals surface area contributed by atoms with E-state index in [0.29, 0.717) is 23.6 Å². The smallest absolute Gasteiger partial charge is 0.416 e. The summed E-state index contributed by atoms with van der Waals surface area (Å²) in [6.45, 7) is 2.38. The molecule has 0 aliphatic carbocycles. The highest BCUT2D eigenvalue weighted by atomic mass is 19.4. The van der Waals surface area contributed by atoms with Crippen molar-refractivity contribution in [1.29, 1.82) is 0 Å². The fourth-order valence-electron chi connectivity index (χ4n) is 2.59. The summed E-state index contributed by atoms with van der Waals surface area (Å²) in [6.07, 6.45) is -4.13. The van der Waals surface area contributed by atoms with Crippen LogP contribution in [-0.2, 0) is 11.0 Å². The lowest BCUT2D eigenvalue weighted by molar-refractivity contribution is -0.137. The van der Waals surface area contributed by atoms with E-state index in [0.717, 1.165) is 22.9 Å². The average molecular weight is 404 g/mol. The normalized spacial score (nSPS) is 10.6. The molecule has 3 aromatic carbocycles. The summed E-state index contributed by atoms with van der Waals surface area (Å²) in [5.74, 6) is 0.645. The quantitative estimate of drug-likeness (QED) is 0.628. The van der Waals surface area contributed by atoms with E-state index >= 15 is 0 Å². The van der Waals surface area contributed by atoms with Crippen LogP contribution in [0, 0.1) is 0 Å². The Morgan fingerprint density at radius 1 is 1.10 bits per heavy atom. The lowest BCUT2D eigenvalue weighted by Crippen LogP contribution is -2.22. The number of ether oxygens (including phenoxy) is 1. The van der Waals surface area contributed by atoms with Crippen LogP contribution in [0.4, 0.5) is 13.2 Å². The van der Waals surface area contributed by atoms with Crippen LogP contribution < -0.4 is 15.8 Å². The highest BCUT2D eigenvalue weighted by Crippen LogP contribution is 2.33. The van der Waals surface area contributed by atoms with Gasteiger partial charge in [-0.3, -0.25) is 9.59 Å². The number of amides is 2. The van der Waals surface area contributed by atoms with Crippen molar-refractivity contribution in [2.75, 3.05) is 6.54 Å². The van der Waals surface area contributed by atoms with Gasteiger partial charge in [0.1, 0.15) is 11.5 Å². The third-order valence-electron chi connectivity index (χ3n) is 3.85. The van der Waals surface area contributed by atoms with E-state index in [4.69, 9.17) is 9.53 Å². The molecule has 5 nitrogen and oxygen atoms in total. The Labute approximate surface area is 165 Å². The topological polar surface area (TPSA) is 81.4 Å². The molecule has 0 fully saturated rings. The third kappa shape index (κ3) is 5.71. The van der Waals surface area contributed by atoms with Crippen molar-refractivity contribution in [3.05, 3.63) is 71.8 Å². The van der Waals surface area contributed by atoms with Gasteiger partial charge in [0.25, 0.3) is 5.91 Å². The minimum absolute atomic E-state index is 0.163. The zero-order valence-electron chi connectivity index (χ0n) is 15.5. The molecule has 2 amide bonds. The average Bonchev–Trinajstić information content (AvgIpc) is 2.68. The lowest BCUT2D eigenvalue weighted by atomic mass is 10.1. The Balaban J connectivity index is 0.000000941. The molecule has 152 valence electrons. The Morgan fingerprint density at radius 3 is 2.34 bits per heavy atom. The van der Waals surface area contributed by atoms with Gasteiger partial charge in [0.05, 0.1) is 5.56 Å². The van der Waals surface area contributed by atoms with E-state index < -0.39 is 11.7 Å². The molecule has 3 rings (SSSR count). The summed E-state index contributed by atoms with van der Waals surface area (Å²) in [6, 6.07) is 15.1. The highest BCUT2D eigenvalue weighted by Gasteiger charge is 2.30. The van der Waals surface area contributed by atoms with Gasteiger partial charge in [0.2, 0.25) is 6.41 Å². The Kier molecular flexibility index (Phi) is 7.19. The Bertz CT molecular complexity index is 987. The first kappa shape index (κ1) is 21.7. The zero-order chi connectivity index (χ0) is 21.4. The van der Waals surface area contributed by atoms with E-state index in [1.807, 2.05) is 13.0 Å². The molecule has 3 N–H and O–H groups in total. The van der Waals surface area contributed by atoms with Crippen LogP contribution >= 0.6 is 0 Å². The number of halogens is 3. The maximum Gasteiger partial charge on any atom is 0.416 e. The van der Waals surface area contributed by atoms with E-state index in [1.54, 1.807) is 30.3 Å². The van der Waals surface area contributed by atoms with Crippen molar-refractivity contribution in [2.24, 2.45) is 5.73 Å². The van der Waals surface area contributed by atoms with Gasteiger partial charge in [-0.1, -0.05) is 12.1 Å². The SMILES string of the molecule is CCNC(=O)c1ccc2c(Oc3ccc(C(F)(F)F)cc3)cccc2c1.NC=O. The summed E-state index contributed by atoms with van der Waals surface area (Å²) in [5, 5.41) is 4.30. The van der Waals surface area contributed by atoms with Gasteiger partial charge in [-0.15, -0.1) is 0 Å². The van der Waals surface area contributed by atoms with Crippen LogP contribution in [0.2, 0.25) is 0 Å². The number of carbonyl (C=O) groups is 2. The van der Waals surface area contributed by atoms with Crippen LogP contribution in [0.3, 0.4) is 0 Å². The third-order valence-corrected chi connectivity index (χ3v) is 3.85. The predicted octanol–water partition coefficient (Wildman–Crippen LogP) is 4.50. The number of carbonyl (C=O) groups excluding carboxylic acids is 2. The minimum atomic E-state index is -4.38. The van der Waals surface area contributed by atoms with E-state index in [2.05, 4.69) is 11.1 Å². The summed E-state index contributed by atoms with van der Waals surface area (Å²) in [5.41, 5.74) is 3.97. The van der Waals surface area contributed by atoms with Crippen molar-refractivity contribution in [3.63, 3.8) is 0 Å². The number of primary amides is 1. The first-order valence-electron chi connectivity index (χ1n) is 8.61. The second-order valence-corrected chi connectivity index (χ2v) is 5.81. The number of hydrogen-bond donors (Lipinski definition) is 2. The Hall–Kier alpha value is -3.55. The van der Waals surface area contributed by atoms with E-state index in [9.17, 15) is 18.0 Å². The van der Waals surface area contributed by atoms with E-state index in [1.165, 1.54) is 12.1 Å². The van der Waals surface area contributed by atoms with Crippen LogP contribution in [0.25, 0.3) is 10.8 Å². The van der Waals surface area contributed by atoms with Crippen LogP contribution in [0.5, 0.6) is 11.5 Å². The van der Waals surface area contributed by atoms with Gasteiger partial charge in [-0.2, -0.15) is 13.2 Å². The van der Waals surface area contributed by atoms with Crippen molar-refractivity contribution in [3.8, 4) is 11.5 Å². The van der Waals surface area contributed by atoms with Gasteiger partial charge in [0, 0.05) is 17.5 Å². The van der Waals surface area contributed by atoms with Gasteiger partial charge >= 0.3 is 6.18 Å². The molecule has 29 heavy (non-hydrogen) atoms. The van der Waals surface area contributed by atoms with Gasteiger partial charge in [-0.25, -0.2) is 0 Å². The molecule has 0 aliphatic rings. The second kappa shape index (κ2) is 9.59. The number of fused-ring (bicyclic) bond motifs is 1. The van der Waals surface area contributed by atoms with E-state index in [-0.39, 0.29) is 12.3 Å². The number of nitrogens with one attached hydrogen (secondary N) is 1. The van der Waals surface area contributed by atoms with Gasteiger partial charge in [0.15, 0.2) is 0 Å². The van der Waals surface area contributed by atoms with Crippen molar-refractivity contribution in [2.45, 2.75) is 13.1 Å². The fourth-order valence-corrected chi connectivity index (χ4v) is 2.59. The second-order valence-electron chi connectivity index (χ2n) is 5.81. The molecule has 8 heteroatoms. The molecule has 0 spiro atoms. The molecule has 0 heterocycles. The molecular formula is C21H19F3N2O3. The molecular weight excluding hydrogens is 385 g/mol. The summed E-state index contributed by atoms with van der Waals surface area (Å²) >= 11 is 0. The highest BCUT2D eigenvalue weighted by molar-refractivity contribution is 5.99. The standard InChI is InChI=1S/C20H16F3NO2.CH3NO/c1-2-24-19(25)14-6-11-17-13(12-14)4-3-5-18(17)26-16-9-7-15(8-10-16)20(21,22)23;2-1-3/h3-12H,2H2,1H3,(H,24,25);1H,(H2,2,3). The van der Waals surface area contributed by atoms with Gasteiger partial charge < -0.3 is 15.8 Å². The largest absolute Gasteiger partial charge is 0.457 e. The fraction of sp³-hybridized carbons (Fsp3) is 0.143. The number of nitrogens with two attached hydrogens (primary N) is 1. The first-order valence-corrected chi connectivity index (χ1v) is 8.61. The number of rotatable bonds is 4. The Morgan fingerprint density at radius 2 is 1.76 bits per heavy atom. The molecule has 0 unspecified atom stereocenters. The number of alkyl halides is 3. The molecule has 0 radical (unpaired) electrons. The number of benzene rings is 3. The van der Waals surface area contributed by atoms with Crippen LogP contribution in [-0.4, -0.2) is 18.9 Å². The summed E-state index contributed by atoms with van der Waals surface area (Å²) in [4.78, 5) is 20.5. The molecule has 0 aromatic heterocycles. The molecule has 0 saturated carbocycles. The number of hydrogen-bond acceptors (Lipinski definition) is 3. The van der Waals surface area contributed by atoms with Crippen molar-refractivity contribution >= 4 is 23.1 Å². The van der Waals surface area contributed by atoms with Crippen molar-refractivity contribution in [1.82, 2.24) is 5.32 Å². The predicted molar refractivity (Wildman–Crippen MR) is 104 cm³/mol. The monoisotopic (exact) mass is 404 g/mol. The zero-order valence-corrected chi connectivity index (χ0v) is 15.5. The maximum atomic E-state index is 12.6. The summed E-state index contributed by atoms with van der Waals surface area (Å²) in [7, 11) is 0. The maximum absolute atomic E-state index is 12.6.